The maximum absolute atomic E-state index is 12.1. The number of hydrogen-bond acceptors (Lipinski definition) is 4. The van der Waals surface area contributed by atoms with Gasteiger partial charge in [0.15, 0.2) is 0 Å². The number of nitrogens with zero attached hydrogens (tertiary/aromatic N) is 1. The summed E-state index contributed by atoms with van der Waals surface area (Å²) in [4.78, 5) is 26.2. The zero-order valence-corrected chi connectivity index (χ0v) is 14.2. The van der Waals surface area contributed by atoms with Crippen molar-refractivity contribution < 1.29 is 14.3 Å². The highest BCUT2D eigenvalue weighted by molar-refractivity contribution is 5.81. The Morgan fingerprint density at radius 2 is 1.91 bits per heavy atom. The first-order valence-corrected chi connectivity index (χ1v) is 8.38. The lowest BCUT2D eigenvalue weighted by Crippen LogP contribution is -2.50. The molecule has 2 amide bonds. The van der Waals surface area contributed by atoms with Crippen molar-refractivity contribution in [3.63, 3.8) is 0 Å². The minimum absolute atomic E-state index is 0.0602. The summed E-state index contributed by atoms with van der Waals surface area (Å²) in [5.41, 5.74) is 0. The molecule has 1 fully saturated rings. The fourth-order valence-corrected chi connectivity index (χ4v) is 2.68. The van der Waals surface area contributed by atoms with E-state index >= 15 is 0 Å². The van der Waals surface area contributed by atoms with Gasteiger partial charge in [0, 0.05) is 32.7 Å². The standard InChI is InChI=1S/C16H31N3O3/c1-4-8-17-16(21)14-6-10-19(11-7-14)13(2)15(20)18-9-5-12-22-3/h13-14H,4-12H2,1-3H3,(H,17,21)(H,18,20). The Balaban J connectivity index is 2.28. The van der Waals surface area contributed by atoms with E-state index in [4.69, 9.17) is 4.74 Å². The Hall–Kier alpha value is -1.14. The van der Waals surface area contributed by atoms with E-state index in [1.165, 1.54) is 0 Å². The largest absolute Gasteiger partial charge is 0.385 e. The minimum atomic E-state index is -0.137. The Kier molecular flexibility index (Phi) is 9.08. The van der Waals surface area contributed by atoms with Crippen LogP contribution in [0, 0.1) is 5.92 Å². The van der Waals surface area contributed by atoms with Crippen LogP contribution in [0.4, 0.5) is 0 Å². The highest BCUT2D eigenvalue weighted by atomic mass is 16.5. The van der Waals surface area contributed by atoms with Crippen LogP contribution in [0.1, 0.15) is 39.5 Å². The van der Waals surface area contributed by atoms with Crippen LogP contribution in [0.15, 0.2) is 0 Å². The van der Waals surface area contributed by atoms with Crippen LogP contribution in [-0.4, -0.2) is 62.7 Å². The van der Waals surface area contributed by atoms with Gasteiger partial charge in [-0.2, -0.15) is 0 Å². The van der Waals surface area contributed by atoms with Crippen molar-refractivity contribution in [1.29, 1.82) is 0 Å². The SMILES string of the molecule is CCCNC(=O)C1CCN(C(C)C(=O)NCCCOC)CC1. The van der Waals surface area contributed by atoms with Crippen molar-refractivity contribution in [1.82, 2.24) is 15.5 Å². The van der Waals surface area contributed by atoms with Gasteiger partial charge in [-0.05, 0) is 45.7 Å². The number of amides is 2. The number of carbonyl (C=O) groups excluding carboxylic acids is 2. The lowest BCUT2D eigenvalue weighted by Gasteiger charge is -2.34. The average Bonchev–Trinajstić information content (AvgIpc) is 2.55. The number of piperidine rings is 1. The molecule has 6 nitrogen and oxygen atoms in total. The number of ether oxygens (including phenoxy) is 1. The van der Waals surface area contributed by atoms with E-state index in [9.17, 15) is 9.59 Å². The fourth-order valence-electron chi connectivity index (χ4n) is 2.68. The van der Waals surface area contributed by atoms with E-state index < -0.39 is 0 Å². The van der Waals surface area contributed by atoms with Gasteiger partial charge in [-0.25, -0.2) is 0 Å². The van der Waals surface area contributed by atoms with Crippen molar-refractivity contribution in [2.24, 2.45) is 5.92 Å². The van der Waals surface area contributed by atoms with Gasteiger partial charge in [-0.15, -0.1) is 0 Å². The van der Waals surface area contributed by atoms with Gasteiger partial charge in [0.25, 0.3) is 0 Å². The number of methoxy groups -OCH3 is 1. The third-order valence-electron chi connectivity index (χ3n) is 4.20. The van der Waals surface area contributed by atoms with Gasteiger partial charge >= 0.3 is 0 Å². The van der Waals surface area contributed by atoms with Gasteiger partial charge in [0.2, 0.25) is 11.8 Å². The lowest BCUT2D eigenvalue weighted by molar-refractivity contribution is -0.128. The monoisotopic (exact) mass is 313 g/mol. The van der Waals surface area contributed by atoms with Gasteiger partial charge in [-0.3, -0.25) is 14.5 Å². The molecule has 1 atom stereocenters. The summed E-state index contributed by atoms with van der Waals surface area (Å²) in [7, 11) is 1.66. The van der Waals surface area contributed by atoms with Crippen LogP contribution in [0.3, 0.4) is 0 Å². The first-order chi connectivity index (χ1) is 10.6. The molecule has 1 aliphatic rings. The van der Waals surface area contributed by atoms with Gasteiger partial charge in [-0.1, -0.05) is 6.92 Å². The van der Waals surface area contributed by atoms with E-state index in [0.717, 1.165) is 45.3 Å². The molecule has 0 saturated carbocycles. The quantitative estimate of drug-likeness (QED) is 0.617. The molecule has 0 bridgehead atoms. The summed E-state index contributed by atoms with van der Waals surface area (Å²) in [6, 6.07) is -0.137. The first kappa shape index (κ1) is 18.9. The molecule has 0 aromatic carbocycles. The normalized spacial score (nSPS) is 18.0. The molecule has 22 heavy (non-hydrogen) atoms. The summed E-state index contributed by atoms with van der Waals surface area (Å²) >= 11 is 0. The summed E-state index contributed by atoms with van der Waals surface area (Å²) in [5.74, 6) is 0.322. The lowest BCUT2D eigenvalue weighted by atomic mass is 9.95. The van der Waals surface area contributed by atoms with E-state index in [1.54, 1.807) is 7.11 Å². The maximum Gasteiger partial charge on any atom is 0.237 e. The smallest absolute Gasteiger partial charge is 0.237 e. The summed E-state index contributed by atoms with van der Waals surface area (Å²) in [6.07, 6.45) is 3.45. The fraction of sp³-hybridized carbons (Fsp3) is 0.875. The molecule has 1 aliphatic heterocycles. The predicted octanol–water partition coefficient (Wildman–Crippen LogP) is 0.766. The first-order valence-electron chi connectivity index (χ1n) is 8.38. The Labute approximate surface area is 134 Å². The van der Waals surface area contributed by atoms with Crippen LogP contribution in [-0.2, 0) is 14.3 Å². The van der Waals surface area contributed by atoms with Crippen molar-refractivity contribution in [3.05, 3.63) is 0 Å². The van der Waals surface area contributed by atoms with Crippen LogP contribution in [0.2, 0.25) is 0 Å². The van der Waals surface area contributed by atoms with Gasteiger partial charge in [0.1, 0.15) is 0 Å². The molecule has 0 aromatic heterocycles. The topological polar surface area (TPSA) is 70.7 Å². The highest BCUT2D eigenvalue weighted by Crippen LogP contribution is 2.19. The van der Waals surface area contributed by atoms with E-state index in [-0.39, 0.29) is 23.8 Å². The van der Waals surface area contributed by atoms with Crippen LogP contribution in [0.5, 0.6) is 0 Å². The second-order valence-corrected chi connectivity index (χ2v) is 5.91. The van der Waals surface area contributed by atoms with Gasteiger partial charge in [0.05, 0.1) is 6.04 Å². The van der Waals surface area contributed by atoms with Crippen molar-refractivity contribution in [2.45, 2.75) is 45.6 Å². The molecule has 2 N–H and O–H groups in total. The number of likely N-dealkylation sites (tertiary alicyclic amines) is 1. The van der Waals surface area contributed by atoms with E-state index in [0.29, 0.717) is 13.2 Å². The zero-order chi connectivity index (χ0) is 16.4. The van der Waals surface area contributed by atoms with Crippen LogP contribution in [0.25, 0.3) is 0 Å². The third-order valence-corrected chi connectivity index (χ3v) is 4.20. The molecular formula is C16H31N3O3. The minimum Gasteiger partial charge on any atom is -0.385 e. The molecule has 128 valence electrons. The molecule has 0 radical (unpaired) electrons. The zero-order valence-electron chi connectivity index (χ0n) is 14.2. The van der Waals surface area contributed by atoms with E-state index in [1.807, 2.05) is 6.92 Å². The molecule has 6 heteroatoms. The molecule has 0 spiro atoms. The number of hydrogen-bond donors (Lipinski definition) is 2. The Morgan fingerprint density at radius 1 is 1.23 bits per heavy atom. The molecule has 1 heterocycles. The van der Waals surface area contributed by atoms with Crippen molar-refractivity contribution in [3.8, 4) is 0 Å². The second-order valence-electron chi connectivity index (χ2n) is 5.91. The Bertz CT molecular complexity index is 342. The number of carbonyl (C=O) groups is 2. The molecular weight excluding hydrogens is 282 g/mol. The van der Waals surface area contributed by atoms with Crippen molar-refractivity contribution in [2.75, 3.05) is 39.9 Å². The molecule has 1 unspecified atom stereocenters. The summed E-state index contributed by atoms with van der Waals surface area (Å²) in [6.45, 7) is 7.64. The van der Waals surface area contributed by atoms with Crippen LogP contribution >= 0.6 is 0 Å². The molecule has 0 aromatic rings. The van der Waals surface area contributed by atoms with Crippen LogP contribution < -0.4 is 10.6 Å². The molecule has 1 saturated heterocycles. The third kappa shape index (κ3) is 6.32. The van der Waals surface area contributed by atoms with Gasteiger partial charge < -0.3 is 15.4 Å². The average molecular weight is 313 g/mol. The molecule has 0 aliphatic carbocycles. The van der Waals surface area contributed by atoms with Crippen molar-refractivity contribution >= 4 is 11.8 Å². The second kappa shape index (κ2) is 10.6. The number of rotatable bonds is 9. The Morgan fingerprint density at radius 3 is 2.50 bits per heavy atom. The highest BCUT2D eigenvalue weighted by Gasteiger charge is 2.29. The van der Waals surface area contributed by atoms with E-state index in [2.05, 4.69) is 22.5 Å². The summed E-state index contributed by atoms with van der Waals surface area (Å²) in [5, 5.41) is 5.90. The molecule has 1 rings (SSSR count). The summed E-state index contributed by atoms with van der Waals surface area (Å²) < 4.78 is 4.96. The maximum atomic E-state index is 12.1. The number of nitrogens with one attached hydrogen (secondary N) is 2. The predicted molar refractivity (Wildman–Crippen MR) is 86.6 cm³/mol.